The fraction of sp³-hybridized carbons (Fsp3) is 0.417. The largest absolute Gasteiger partial charge is 0.466 e. The van der Waals surface area contributed by atoms with Gasteiger partial charge in [-0.25, -0.2) is 9.79 Å². The molecule has 180 valence electrons. The number of methoxy groups -OCH3 is 1. The number of esters is 1. The van der Waals surface area contributed by atoms with Crippen LogP contribution >= 0.6 is 23.4 Å². The predicted octanol–water partition coefficient (Wildman–Crippen LogP) is 3.61. The average Bonchev–Trinajstić information content (AvgIpc) is 3.41. The number of allylic oxidation sites excluding steroid dienone is 1. The first-order valence-corrected chi connectivity index (χ1v) is 12.5. The van der Waals surface area contributed by atoms with E-state index in [-0.39, 0.29) is 18.2 Å². The van der Waals surface area contributed by atoms with E-state index < -0.39 is 12.0 Å². The van der Waals surface area contributed by atoms with Crippen molar-refractivity contribution < 1.29 is 19.1 Å². The number of likely N-dealkylation sites (tertiary alicyclic amines) is 1. The van der Waals surface area contributed by atoms with Gasteiger partial charge in [0.25, 0.3) is 0 Å². The maximum absolute atomic E-state index is 12.7. The second-order valence-corrected chi connectivity index (χ2v) is 9.57. The first-order valence-electron chi connectivity index (χ1n) is 11.2. The Morgan fingerprint density at radius 2 is 2.06 bits per heavy atom. The highest BCUT2D eigenvalue weighted by atomic mass is 35.5. The summed E-state index contributed by atoms with van der Waals surface area (Å²) in [5.41, 5.74) is 2.62. The van der Waals surface area contributed by atoms with Crippen LogP contribution < -0.4 is 5.32 Å². The van der Waals surface area contributed by atoms with E-state index in [2.05, 4.69) is 10.3 Å². The summed E-state index contributed by atoms with van der Waals surface area (Å²) in [6.07, 6.45) is 2.39. The molecule has 0 aliphatic carbocycles. The standard InChI is InChI=1S/C24H27ClN4O4S/c1-15-21(23(32)33-2)22(16-6-8-17(25)9-7-16)29-18(14-34-24(29)27-15)13-19(30)26-10-4-12-28-11-3-5-20(28)31/h6-9,14,22H,3-5,10-13H2,1-2H3,(H,26,30). The fourth-order valence-corrected chi connectivity index (χ4v) is 5.46. The minimum Gasteiger partial charge on any atom is -0.466 e. The molecule has 0 bridgehead atoms. The number of rotatable bonds is 8. The third kappa shape index (κ3) is 5.15. The molecule has 34 heavy (non-hydrogen) atoms. The van der Waals surface area contributed by atoms with Gasteiger partial charge in [0.05, 0.1) is 30.8 Å². The molecular formula is C24H27ClN4O4S. The van der Waals surface area contributed by atoms with Gasteiger partial charge in [0.2, 0.25) is 11.8 Å². The number of thioether (sulfide) groups is 1. The van der Waals surface area contributed by atoms with Gasteiger partial charge in [-0.3, -0.25) is 9.59 Å². The highest BCUT2D eigenvalue weighted by Crippen LogP contribution is 2.44. The zero-order valence-electron chi connectivity index (χ0n) is 19.2. The van der Waals surface area contributed by atoms with Gasteiger partial charge in [0, 0.05) is 36.8 Å². The minimum absolute atomic E-state index is 0.124. The van der Waals surface area contributed by atoms with Crippen LogP contribution in [0.5, 0.6) is 0 Å². The Balaban J connectivity index is 1.46. The Labute approximate surface area is 208 Å². The van der Waals surface area contributed by atoms with Crippen molar-refractivity contribution in [2.75, 3.05) is 26.7 Å². The van der Waals surface area contributed by atoms with Gasteiger partial charge in [-0.1, -0.05) is 35.5 Å². The number of aliphatic imine (C=N–C) groups is 1. The van der Waals surface area contributed by atoms with Crippen molar-refractivity contribution in [2.45, 2.75) is 38.6 Å². The lowest BCUT2D eigenvalue weighted by molar-refractivity contribution is -0.136. The van der Waals surface area contributed by atoms with Crippen LogP contribution in [-0.4, -0.2) is 59.5 Å². The zero-order chi connectivity index (χ0) is 24.2. The van der Waals surface area contributed by atoms with Crippen LogP contribution in [0.25, 0.3) is 0 Å². The van der Waals surface area contributed by atoms with Crippen LogP contribution in [0.15, 0.2) is 51.6 Å². The lowest BCUT2D eigenvalue weighted by Gasteiger charge is -2.36. The van der Waals surface area contributed by atoms with Gasteiger partial charge in [0.15, 0.2) is 5.17 Å². The van der Waals surface area contributed by atoms with Crippen molar-refractivity contribution in [3.8, 4) is 0 Å². The molecule has 4 rings (SSSR count). The second kappa shape index (κ2) is 10.7. The molecule has 0 saturated carbocycles. The van der Waals surface area contributed by atoms with E-state index in [9.17, 15) is 14.4 Å². The summed E-state index contributed by atoms with van der Waals surface area (Å²) in [6, 6.07) is 6.81. The molecule has 1 N–H and O–H groups in total. The van der Waals surface area contributed by atoms with Crippen molar-refractivity contribution in [1.82, 2.24) is 15.1 Å². The summed E-state index contributed by atoms with van der Waals surface area (Å²) in [5, 5.41) is 6.15. The lowest BCUT2D eigenvalue weighted by atomic mass is 9.94. The Morgan fingerprint density at radius 3 is 2.74 bits per heavy atom. The Bertz CT molecular complexity index is 1080. The number of nitrogens with zero attached hydrogens (tertiary/aromatic N) is 3. The number of carbonyl (C=O) groups excluding carboxylic acids is 3. The normalized spacial score (nSPS) is 19.7. The van der Waals surface area contributed by atoms with E-state index >= 15 is 0 Å². The van der Waals surface area contributed by atoms with Crippen molar-refractivity contribution in [3.63, 3.8) is 0 Å². The number of fused-ring (bicyclic) bond motifs is 1. The maximum atomic E-state index is 12.7. The predicted molar refractivity (Wildman–Crippen MR) is 132 cm³/mol. The molecule has 10 heteroatoms. The zero-order valence-corrected chi connectivity index (χ0v) is 20.7. The van der Waals surface area contributed by atoms with Crippen LogP contribution in [0.3, 0.4) is 0 Å². The number of nitrogens with one attached hydrogen (secondary N) is 1. The molecule has 3 heterocycles. The highest BCUT2D eigenvalue weighted by molar-refractivity contribution is 8.16. The molecule has 1 aromatic rings. The molecule has 3 aliphatic rings. The summed E-state index contributed by atoms with van der Waals surface area (Å²) < 4.78 is 5.06. The van der Waals surface area contributed by atoms with Gasteiger partial charge in [0.1, 0.15) is 0 Å². The van der Waals surface area contributed by atoms with Gasteiger partial charge in [-0.2, -0.15) is 0 Å². The maximum Gasteiger partial charge on any atom is 0.338 e. The SMILES string of the molecule is COC(=O)C1=C(C)N=C2SC=C(CC(=O)NCCCN3CCCC3=O)N2C1c1ccc(Cl)cc1. The minimum atomic E-state index is -0.479. The van der Waals surface area contributed by atoms with Crippen LogP contribution in [0.4, 0.5) is 0 Å². The van der Waals surface area contributed by atoms with Crippen molar-refractivity contribution in [1.29, 1.82) is 0 Å². The third-order valence-corrected chi connectivity index (χ3v) is 7.17. The first-order chi connectivity index (χ1) is 16.4. The Kier molecular flexibility index (Phi) is 7.63. The molecule has 0 aromatic heterocycles. The number of halogens is 1. The van der Waals surface area contributed by atoms with Crippen LogP contribution in [0, 0.1) is 0 Å². The van der Waals surface area contributed by atoms with Crippen molar-refractivity contribution in [2.24, 2.45) is 4.99 Å². The fourth-order valence-electron chi connectivity index (χ4n) is 4.37. The quantitative estimate of drug-likeness (QED) is 0.431. The third-order valence-electron chi connectivity index (χ3n) is 6.03. The molecule has 8 nitrogen and oxygen atoms in total. The molecule has 2 amide bonds. The second-order valence-electron chi connectivity index (χ2n) is 8.30. The smallest absolute Gasteiger partial charge is 0.338 e. The molecule has 1 unspecified atom stereocenters. The number of hydrogen-bond donors (Lipinski definition) is 1. The summed E-state index contributed by atoms with van der Waals surface area (Å²) in [7, 11) is 1.35. The molecular weight excluding hydrogens is 476 g/mol. The Morgan fingerprint density at radius 1 is 1.29 bits per heavy atom. The topological polar surface area (TPSA) is 91.3 Å². The number of carbonyl (C=O) groups is 3. The highest BCUT2D eigenvalue weighted by Gasteiger charge is 2.40. The van der Waals surface area contributed by atoms with Gasteiger partial charge < -0.3 is 19.9 Å². The lowest BCUT2D eigenvalue weighted by Crippen LogP contribution is -2.38. The number of hydrogen-bond acceptors (Lipinski definition) is 7. The summed E-state index contributed by atoms with van der Waals surface area (Å²) >= 11 is 7.52. The van der Waals surface area contributed by atoms with Crippen molar-refractivity contribution >= 4 is 46.3 Å². The molecule has 1 saturated heterocycles. The average molecular weight is 503 g/mol. The van der Waals surface area contributed by atoms with E-state index in [1.165, 1.54) is 18.9 Å². The van der Waals surface area contributed by atoms with Gasteiger partial charge >= 0.3 is 5.97 Å². The molecule has 1 atom stereocenters. The summed E-state index contributed by atoms with van der Waals surface area (Å²) in [4.78, 5) is 45.5. The van der Waals surface area contributed by atoms with Gasteiger partial charge in [-0.15, -0.1) is 0 Å². The summed E-state index contributed by atoms with van der Waals surface area (Å²) in [5.74, 6) is -0.395. The molecule has 0 spiro atoms. The Hall–Kier alpha value is -2.78. The monoisotopic (exact) mass is 502 g/mol. The molecule has 1 fully saturated rings. The van der Waals surface area contributed by atoms with E-state index in [0.29, 0.717) is 47.4 Å². The number of ether oxygens (including phenoxy) is 1. The first kappa shape index (κ1) is 24.3. The van der Waals surface area contributed by atoms with Crippen molar-refractivity contribution in [3.05, 3.63) is 57.2 Å². The summed E-state index contributed by atoms with van der Waals surface area (Å²) in [6.45, 7) is 3.74. The van der Waals surface area contributed by atoms with Gasteiger partial charge in [-0.05, 0) is 42.9 Å². The number of amides is 2. The van der Waals surface area contributed by atoms with Crippen LogP contribution in [-0.2, 0) is 19.1 Å². The van der Waals surface area contributed by atoms with E-state index in [0.717, 1.165) is 24.2 Å². The number of benzene rings is 1. The van der Waals surface area contributed by atoms with E-state index in [4.69, 9.17) is 16.3 Å². The van der Waals surface area contributed by atoms with E-state index in [1.807, 2.05) is 27.3 Å². The molecule has 3 aliphatic heterocycles. The van der Waals surface area contributed by atoms with E-state index in [1.54, 1.807) is 19.1 Å². The molecule has 1 aromatic carbocycles. The van der Waals surface area contributed by atoms with Crippen LogP contribution in [0.1, 0.15) is 44.2 Å². The number of amidine groups is 1. The molecule has 0 radical (unpaired) electrons. The van der Waals surface area contributed by atoms with Crippen LogP contribution in [0.2, 0.25) is 5.02 Å².